The summed E-state index contributed by atoms with van der Waals surface area (Å²) in [6, 6.07) is 0. The SMILES string of the molecule is CCCC(=O)NCC1CCC(CN)CC1.Cl. The van der Waals surface area contributed by atoms with Gasteiger partial charge in [-0.2, -0.15) is 0 Å². The Morgan fingerprint density at radius 2 is 1.81 bits per heavy atom. The molecule has 0 saturated heterocycles. The number of hydrogen-bond acceptors (Lipinski definition) is 2. The fourth-order valence-corrected chi connectivity index (χ4v) is 2.24. The molecular formula is C12H25ClN2O. The van der Waals surface area contributed by atoms with E-state index in [-0.39, 0.29) is 18.3 Å². The highest BCUT2D eigenvalue weighted by Crippen LogP contribution is 2.27. The molecule has 16 heavy (non-hydrogen) atoms. The summed E-state index contributed by atoms with van der Waals surface area (Å²) < 4.78 is 0. The number of carbonyl (C=O) groups is 1. The van der Waals surface area contributed by atoms with Crippen LogP contribution in [0.4, 0.5) is 0 Å². The van der Waals surface area contributed by atoms with E-state index < -0.39 is 0 Å². The molecule has 3 N–H and O–H groups in total. The quantitative estimate of drug-likeness (QED) is 0.783. The van der Waals surface area contributed by atoms with Crippen molar-refractivity contribution < 1.29 is 4.79 Å². The molecule has 0 bridgehead atoms. The molecule has 0 radical (unpaired) electrons. The lowest BCUT2D eigenvalue weighted by Crippen LogP contribution is -2.32. The van der Waals surface area contributed by atoms with E-state index in [0.717, 1.165) is 25.4 Å². The van der Waals surface area contributed by atoms with Gasteiger partial charge in [0.25, 0.3) is 0 Å². The first-order valence-electron chi connectivity index (χ1n) is 6.23. The monoisotopic (exact) mass is 248 g/mol. The third-order valence-corrected chi connectivity index (χ3v) is 3.36. The van der Waals surface area contributed by atoms with Gasteiger partial charge in [0.15, 0.2) is 0 Å². The predicted octanol–water partition coefficient (Wildman–Crippen LogP) is 2.09. The van der Waals surface area contributed by atoms with Crippen molar-refractivity contribution in [3.05, 3.63) is 0 Å². The standard InChI is InChI=1S/C12H24N2O.ClH/c1-2-3-12(15)14-9-11-6-4-10(8-13)5-7-11;/h10-11H,2-9,13H2,1H3,(H,14,15);1H. The number of carbonyl (C=O) groups excluding carboxylic acids is 1. The van der Waals surface area contributed by atoms with Gasteiger partial charge < -0.3 is 11.1 Å². The average molecular weight is 249 g/mol. The molecule has 0 aromatic carbocycles. The summed E-state index contributed by atoms with van der Waals surface area (Å²) in [6.07, 6.45) is 6.54. The van der Waals surface area contributed by atoms with E-state index in [9.17, 15) is 4.79 Å². The maximum absolute atomic E-state index is 11.3. The van der Waals surface area contributed by atoms with Gasteiger partial charge in [-0.25, -0.2) is 0 Å². The van der Waals surface area contributed by atoms with Gasteiger partial charge >= 0.3 is 0 Å². The lowest BCUT2D eigenvalue weighted by molar-refractivity contribution is -0.121. The molecule has 0 atom stereocenters. The first kappa shape index (κ1) is 15.7. The van der Waals surface area contributed by atoms with E-state index in [4.69, 9.17) is 5.73 Å². The second-order valence-electron chi connectivity index (χ2n) is 4.68. The van der Waals surface area contributed by atoms with Crippen LogP contribution in [0.2, 0.25) is 0 Å². The fourth-order valence-electron chi connectivity index (χ4n) is 2.24. The van der Waals surface area contributed by atoms with Crippen molar-refractivity contribution >= 4 is 18.3 Å². The zero-order chi connectivity index (χ0) is 11.1. The van der Waals surface area contributed by atoms with Crippen molar-refractivity contribution in [1.29, 1.82) is 0 Å². The topological polar surface area (TPSA) is 55.1 Å². The molecule has 0 spiro atoms. The van der Waals surface area contributed by atoms with Gasteiger partial charge in [-0.1, -0.05) is 6.92 Å². The Kier molecular flexibility index (Phi) is 8.67. The van der Waals surface area contributed by atoms with Crippen LogP contribution in [0.25, 0.3) is 0 Å². The van der Waals surface area contributed by atoms with Gasteiger partial charge in [0.2, 0.25) is 5.91 Å². The number of amides is 1. The minimum atomic E-state index is 0. The van der Waals surface area contributed by atoms with E-state index in [1.54, 1.807) is 0 Å². The van der Waals surface area contributed by atoms with Crippen molar-refractivity contribution in [3.63, 3.8) is 0 Å². The lowest BCUT2D eigenvalue weighted by atomic mass is 9.82. The predicted molar refractivity (Wildman–Crippen MR) is 69.7 cm³/mol. The van der Waals surface area contributed by atoms with Crippen LogP contribution in [0.5, 0.6) is 0 Å². The molecule has 1 amide bonds. The van der Waals surface area contributed by atoms with E-state index in [0.29, 0.717) is 12.3 Å². The third kappa shape index (κ3) is 5.71. The van der Waals surface area contributed by atoms with Crippen molar-refractivity contribution in [2.75, 3.05) is 13.1 Å². The zero-order valence-corrected chi connectivity index (χ0v) is 11.0. The number of halogens is 1. The molecule has 96 valence electrons. The van der Waals surface area contributed by atoms with Gasteiger partial charge in [0.1, 0.15) is 0 Å². The highest BCUT2D eigenvalue weighted by molar-refractivity contribution is 5.85. The Hall–Kier alpha value is -0.280. The second kappa shape index (κ2) is 8.82. The molecule has 1 rings (SSSR count). The lowest BCUT2D eigenvalue weighted by Gasteiger charge is -2.27. The number of rotatable bonds is 5. The average Bonchev–Trinajstić information content (AvgIpc) is 2.27. The second-order valence-corrected chi connectivity index (χ2v) is 4.68. The van der Waals surface area contributed by atoms with E-state index in [2.05, 4.69) is 5.32 Å². The van der Waals surface area contributed by atoms with Crippen LogP contribution < -0.4 is 11.1 Å². The molecular weight excluding hydrogens is 224 g/mol. The van der Waals surface area contributed by atoms with Gasteiger partial charge in [-0.3, -0.25) is 4.79 Å². The van der Waals surface area contributed by atoms with Crippen LogP contribution in [-0.2, 0) is 4.79 Å². The summed E-state index contributed by atoms with van der Waals surface area (Å²) in [5.41, 5.74) is 5.64. The van der Waals surface area contributed by atoms with E-state index >= 15 is 0 Å². The van der Waals surface area contributed by atoms with Gasteiger partial charge in [0.05, 0.1) is 0 Å². The van der Waals surface area contributed by atoms with Crippen LogP contribution >= 0.6 is 12.4 Å². The normalized spacial score (nSPS) is 24.6. The Balaban J connectivity index is 0.00000225. The molecule has 3 nitrogen and oxygen atoms in total. The summed E-state index contributed by atoms with van der Waals surface area (Å²) in [5.74, 6) is 1.62. The van der Waals surface area contributed by atoms with Crippen molar-refractivity contribution in [2.24, 2.45) is 17.6 Å². The van der Waals surface area contributed by atoms with Crippen LogP contribution in [0.1, 0.15) is 45.4 Å². The van der Waals surface area contributed by atoms with Crippen molar-refractivity contribution in [2.45, 2.75) is 45.4 Å². The molecule has 0 heterocycles. The Bertz CT molecular complexity index is 191. The minimum Gasteiger partial charge on any atom is -0.356 e. The maximum Gasteiger partial charge on any atom is 0.219 e. The summed E-state index contributed by atoms with van der Waals surface area (Å²) in [6.45, 7) is 3.73. The molecule has 1 fully saturated rings. The molecule has 0 unspecified atom stereocenters. The number of nitrogens with two attached hydrogens (primary N) is 1. The summed E-state index contributed by atoms with van der Waals surface area (Å²) in [5, 5.41) is 3.02. The molecule has 0 aliphatic heterocycles. The van der Waals surface area contributed by atoms with E-state index in [1.165, 1.54) is 25.7 Å². The van der Waals surface area contributed by atoms with Crippen LogP contribution in [0.15, 0.2) is 0 Å². The molecule has 1 aliphatic rings. The van der Waals surface area contributed by atoms with Crippen LogP contribution in [-0.4, -0.2) is 19.0 Å². The Morgan fingerprint density at radius 1 is 1.25 bits per heavy atom. The fraction of sp³-hybridized carbons (Fsp3) is 0.917. The number of nitrogens with one attached hydrogen (secondary N) is 1. The van der Waals surface area contributed by atoms with Crippen LogP contribution in [0.3, 0.4) is 0 Å². The Morgan fingerprint density at radius 3 is 2.31 bits per heavy atom. The van der Waals surface area contributed by atoms with Gasteiger partial charge in [-0.15, -0.1) is 12.4 Å². The summed E-state index contributed by atoms with van der Waals surface area (Å²) >= 11 is 0. The summed E-state index contributed by atoms with van der Waals surface area (Å²) in [4.78, 5) is 11.3. The van der Waals surface area contributed by atoms with Crippen molar-refractivity contribution in [1.82, 2.24) is 5.32 Å². The molecule has 1 aliphatic carbocycles. The first-order chi connectivity index (χ1) is 7.26. The molecule has 0 aromatic heterocycles. The highest BCUT2D eigenvalue weighted by atomic mass is 35.5. The van der Waals surface area contributed by atoms with E-state index in [1.807, 2.05) is 6.92 Å². The molecule has 0 aromatic rings. The molecule has 4 heteroatoms. The van der Waals surface area contributed by atoms with Crippen molar-refractivity contribution in [3.8, 4) is 0 Å². The maximum atomic E-state index is 11.3. The minimum absolute atomic E-state index is 0. The smallest absolute Gasteiger partial charge is 0.219 e. The highest BCUT2D eigenvalue weighted by Gasteiger charge is 2.20. The first-order valence-corrected chi connectivity index (χ1v) is 6.23. The van der Waals surface area contributed by atoms with Gasteiger partial charge in [-0.05, 0) is 50.5 Å². The zero-order valence-electron chi connectivity index (χ0n) is 10.2. The van der Waals surface area contributed by atoms with Gasteiger partial charge in [0, 0.05) is 13.0 Å². The Labute approximate surface area is 105 Å². The third-order valence-electron chi connectivity index (χ3n) is 3.36. The van der Waals surface area contributed by atoms with Crippen LogP contribution in [0, 0.1) is 11.8 Å². The number of hydrogen-bond donors (Lipinski definition) is 2. The summed E-state index contributed by atoms with van der Waals surface area (Å²) in [7, 11) is 0. The largest absolute Gasteiger partial charge is 0.356 e. The molecule has 1 saturated carbocycles.